The van der Waals surface area contributed by atoms with Crippen molar-refractivity contribution in [3.05, 3.63) is 51.8 Å². The Morgan fingerprint density at radius 3 is 2.93 bits per heavy atom. The van der Waals surface area contributed by atoms with Gasteiger partial charge >= 0.3 is 5.97 Å². The van der Waals surface area contributed by atoms with Crippen LogP contribution in [0.15, 0.2) is 45.0 Å². The quantitative estimate of drug-likeness (QED) is 0.428. The van der Waals surface area contributed by atoms with Gasteiger partial charge < -0.3 is 14.8 Å². The van der Waals surface area contributed by atoms with Gasteiger partial charge in [-0.2, -0.15) is 5.10 Å². The van der Waals surface area contributed by atoms with Crippen molar-refractivity contribution in [2.75, 3.05) is 0 Å². The van der Waals surface area contributed by atoms with Crippen molar-refractivity contribution in [2.24, 2.45) is 10.2 Å². The number of nitro groups is 1. The van der Waals surface area contributed by atoms with Crippen LogP contribution in [0.1, 0.15) is 17.7 Å². The van der Waals surface area contributed by atoms with Crippen LogP contribution in [-0.4, -0.2) is 38.5 Å². The van der Waals surface area contributed by atoms with Crippen LogP contribution in [0.25, 0.3) is 11.3 Å². The molecule has 1 aromatic carbocycles. The van der Waals surface area contributed by atoms with Crippen LogP contribution in [0.3, 0.4) is 0 Å². The Labute approximate surface area is 162 Å². The Hall–Kier alpha value is -3.47. The lowest BCUT2D eigenvalue weighted by Gasteiger charge is -2.00. The number of nitrogens with one attached hydrogen (secondary N) is 1. The summed E-state index contributed by atoms with van der Waals surface area (Å²) in [6, 6.07) is 7.99. The SMILES string of the molecule is Cc1ccc(-c2ccc(/C=N\N=C3\NC(=O)[C@@H](CC(=O)O)S3)o2)c([N+](=O)[O-])c1. The first kappa shape index (κ1) is 19.3. The topological polar surface area (TPSA) is 147 Å². The minimum Gasteiger partial charge on any atom is -0.481 e. The van der Waals surface area contributed by atoms with Gasteiger partial charge in [-0.15, -0.1) is 5.10 Å². The molecular weight excluding hydrogens is 388 g/mol. The van der Waals surface area contributed by atoms with Crippen molar-refractivity contribution < 1.29 is 24.0 Å². The molecule has 1 aromatic heterocycles. The zero-order valence-corrected chi connectivity index (χ0v) is 15.3. The Morgan fingerprint density at radius 1 is 1.43 bits per heavy atom. The third-order valence-corrected chi connectivity index (χ3v) is 4.78. The number of hydrogen-bond donors (Lipinski definition) is 2. The molecule has 1 saturated heterocycles. The first-order valence-corrected chi connectivity index (χ1v) is 8.87. The van der Waals surface area contributed by atoms with Crippen molar-refractivity contribution in [1.29, 1.82) is 0 Å². The fraction of sp³-hybridized carbons (Fsp3) is 0.176. The van der Waals surface area contributed by atoms with Crippen molar-refractivity contribution in [3.8, 4) is 11.3 Å². The fourth-order valence-electron chi connectivity index (χ4n) is 2.45. The molecule has 1 atom stereocenters. The van der Waals surface area contributed by atoms with E-state index in [1.165, 1.54) is 12.3 Å². The van der Waals surface area contributed by atoms with Crippen LogP contribution in [0.4, 0.5) is 5.69 Å². The molecule has 1 fully saturated rings. The lowest BCUT2D eigenvalue weighted by molar-refractivity contribution is -0.384. The molecule has 1 aliphatic heterocycles. The molecule has 2 aromatic rings. The molecule has 1 amide bonds. The van der Waals surface area contributed by atoms with E-state index in [0.717, 1.165) is 17.3 Å². The van der Waals surface area contributed by atoms with Gasteiger partial charge in [-0.05, 0) is 30.7 Å². The van der Waals surface area contributed by atoms with E-state index in [1.807, 2.05) is 0 Å². The Kier molecular flexibility index (Phi) is 5.54. The molecule has 0 bridgehead atoms. The third kappa shape index (κ3) is 4.43. The van der Waals surface area contributed by atoms with Crippen LogP contribution in [0.5, 0.6) is 0 Å². The van der Waals surface area contributed by atoms with E-state index in [4.69, 9.17) is 9.52 Å². The third-order valence-electron chi connectivity index (χ3n) is 3.71. The Morgan fingerprint density at radius 2 is 2.21 bits per heavy atom. The number of nitro benzene ring substituents is 1. The van der Waals surface area contributed by atoms with Crippen LogP contribution in [0.2, 0.25) is 0 Å². The van der Waals surface area contributed by atoms with Crippen LogP contribution < -0.4 is 5.32 Å². The van der Waals surface area contributed by atoms with Gasteiger partial charge in [0.25, 0.3) is 5.69 Å². The second-order valence-electron chi connectivity index (χ2n) is 5.82. The summed E-state index contributed by atoms with van der Waals surface area (Å²) in [6.07, 6.45) is 0.976. The van der Waals surface area contributed by atoms with E-state index < -0.39 is 22.0 Å². The molecule has 1 aliphatic rings. The molecule has 2 N–H and O–H groups in total. The smallest absolute Gasteiger partial charge is 0.305 e. The Balaban J connectivity index is 1.73. The molecule has 0 radical (unpaired) electrons. The van der Waals surface area contributed by atoms with Crippen LogP contribution in [-0.2, 0) is 9.59 Å². The van der Waals surface area contributed by atoms with Gasteiger partial charge in [-0.1, -0.05) is 17.8 Å². The number of aryl methyl sites for hydroxylation is 1. The van der Waals surface area contributed by atoms with Crippen molar-refractivity contribution in [1.82, 2.24) is 5.32 Å². The number of aliphatic carboxylic acids is 1. The summed E-state index contributed by atoms with van der Waals surface area (Å²) in [7, 11) is 0. The molecule has 0 aliphatic carbocycles. The summed E-state index contributed by atoms with van der Waals surface area (Å²) in [6.45, 7) is 1.76. The number of amides is 1. The maximum absolute atomic E-state index is 11.6. The average molecular weight is 402 g/mol. The van der Waals surface area contributed by atoms with Crippen molar-refractivity contribution >= 4 is 40.7 Å². The second-order valence-corrected chi connectivity index (χ2v) is 7.01. The molecular formula is C17H14N4O6S. The predicted molar refractivity (Wildman–Crippen MR) is 102 cm³/mol. The highest BCUT2D eigenvalue weighted by Gasteiger charge is 2.32. The molecule has 2 heterocycles. The highest BCUT2D eigenvalue weighted by molar-refractivity contribution is 8.15. The molecule has 0 unspecified atom stereocenters. The summed E-state index contributed by atoms with van der Waals surface area (Å²) in [5.74, 6) is -0.893. The molecule has 10 nitrogen and oxygen atoms in total. The number of carboxylic acids is 1. The number of thioether (sulfide) groups is 1. The van der Waals surface area contributed by atoms with E-state index in [1.54, 1.807) is 31.2 Å². The van der Waals surface area contributed by atoms with Gasteiger partial charge in [-0.25, -0.2) is 0 Å². The maximum Gasteiger partial charge on any atom is 0.305 e. The fourth-order valence-corrected chi connectivity index (χ4v) is 3.37. The van der Waals surface area contributed by atoms with Gasteiger partial charge in [0.1, 0.15) is 16.8 Å². The van der Waals surface area contributed by atoms with E-state index in [-0.39, 0.29) is 17.3 Å². The highest BCUT2D eigenvalue weighted by Crippen LogP contribution is 2.31. The minimum atomic E-state index is -1.08. The van der Waals surface area contributed by atoms with Crippen LogP contribution >= 0.6 is 11.8 Å². The first-order chi connectivity index (χ1) is 13.3. The van der Waals surface area contributed by atoms with Gasteiger partial charge in [0, 0.05) is 6.07 Å². The number of amidine groups is 1. The van der Waals surface area contributed by atoms with E-state index in [0.29, 0.717) is 17.1 Å². The van der Waals surface area contributed by atoms with E-state index in [9.17, 15) is 19.7 Å². The molecule has 0 spiro atoms. The zero-order valence-electron chi connectivity index (χ0n) is 14.5. The minimum absolute atomic E-state index is 0.0624. The first-order valence-electron chi connectivity index (χ1n) is 7.99. The maximum atomic E-state index is 11.6. The van der Waals surface area contributed by atoms with Gasteiger partial charge in [0.05, 0.1) is 23.1 Å². The lowest BCUT2D eigenvalue weighted by atomic mass is 10.1. The average Bonchev–Trinajstić information content (AvgIpc) is 3.21. The van der Waals surface area contributed by atoms with Gasteiger partial charge in [-0.3, -0.25) is 19.7 Å². The molecule has 11 heteroatoms. The number of benzene rings is 1. The van der Waals surface area contributed by atoms with Gasteiger partial charge in [0.15, 0.2) is 5.17 Å². The normalized spacial score (nSPS) is 18.0. The second kappa shape index (κ2) is 8.05. The van der Waals surface area contributed by atoms with Crippen molar-refractivity contribution in [3.63, 3.8) is 0 Å². The number of carbonyl (C=O) groups is 2. The monoisotopic (exact) mass is 402 g/mol. The number of nitrogens with zero attached hydrogens (tertiary/aromatic N) is 3. The Bertz CT molecular complexity index is 1010. The number of furan rings is 1. The lowest BCUT2D eigenvalue weighted by Crippen LogP contribution is -2.26. The van der Waals surface area contributed by atoms with Crippen LogP contribution in [0, 0.1) is 17.0 Å². The van der Waals surface area contributed by atoms with E-state index >= 15 is 0 Å². The predicted octanol–water partition coefficient (Wildman–Crippen LogP) is 2.56. The number of rotatable bonds is 6. The number of hydrogen-bond acceptors (Lipinski definition) is 8. The van der Waals surface area contributed by atoms with Gasteiger partial charge in [0.2, 0.25) is 5.91 Å². The standard InChI is InChI=1S/C17H14N4O6S/c1-9-2-4-11(12(6-9)21(25)26)13-5-3-10(27-13)8-18-20-17-19-16(24)14(28-17)7-15(22)23/h2-6,8,14H,7H2,1H3,(H,22,23)(H,19,20,24)/b18-8-/t14-/m1/s1. The summed E-state index contributed by atoms with van der Waals surface area (Å²) in [5, 5.41) is 29.5. The van der Waals surface area contributed by atoms with E-state index in [2.05, 4.69) is 15.5 Å². The molecule has 3 rings (SSSR count). The molecule has 28 heavy (non-hydrogen) atoms. The summed E-state index contributed by atoms with van der Waals surface area (Å²) >= 11 is 0.980. The summed E-state index contributed by atoms with van der Waals surface area (Å²) < 4.78 is 5.57. The summed E-state index contributed by atoms with van der Waals surface area (Å²) in [4.78, 5) is 33.1. The largest absolute Gasteiger partial charge is 0.481 e. The van der Waals surface area contributed by atoms with Crippen molar-refractivity contribution in [2.45, 2.75) is 18.6 Å². The number of carboxylic acid groups (broad SMARTS) is 1. The zero-order chi connectivity index (χ0) is 20.3. The summed E-state index contributed by atoms with van der Waals surface area (Å²) in [5.41, 5.74) is 1.04. The molecule has 0 saturated carbocycles. The highest BCUT2D eigenvalue weighted by atomic mass is 32.2. The number of carbonyl (C=O) groups excluding carboxylic acids is 1. The molecule has 144 valence electrons.